The summed E-state index contributed by atoms with van der Waals surface area (Å²) in [6.45, 7) is 2.00. The van der Waals surface area contributed by atoms with Gasteiger partial charge in [0, 0.05) is 11.3 Å². The summed E-state index contributed by atoms with van der Waals surface area (Å²) < 4.78 is 46.9. The number of nitrogens with one attached hydrogen (secondary N) is 1. The van der Waals surface area contributed by atoms with Crippen molar-refractivity contribution < 1.29 is 22.3 Å². The van der Waals surface area contributed by atoms with Crippen LogP contribution in [-0.4, -0.2) is 26.8 Å². The molecule has 7 nitrogen and oxygen atoms in total. The molecular weight excluding hydrogens is 451 g/mol. The number of halogens is 3. The number of alkyl halides is 3. The molecule has 0 amide bonds. The Hall–Kier alpha value is -3.12. The molecule has 0 spiro atoms. The van der Waals surface area contributed by atoms with Crippen molar-refractivity contribution in [2.45, 2.75) is 23.4 Å². The van der Waals surface area contributed by atoms with Crippen LogP contribution >= 0.6 is 23.1 Å². The zero-order valence-electron chi connectivity index (χ0n) is 15.9. The van der Waals surface area contributed by atoms with Crippen LogP contribution < -0.4 is 10.1 Å². The van der Waals surface area contributed by atoms with Crippen molar-refractivity contribution in [1.29, 1.82) is 0 Å². The smallest absolute Gasteiger partial charge is 0.420 e. The highest BCUT2D eigenvalue weighted by molar-refractivity contribution is 8.00. The van der Waals surface area contributed by atoms with E-state index in [1.54, 1.807) is 0 Å². The maximum atomic E-state index is 12.2. The molecule has 2 aromatic heterocycles. The summed E-state index contributed by atoms with van der Waals surface area (Å²) in [7, 11) is 0. The molecule has 12 heteroatoms. The number of aryl methyl sites for hydroxylation is 1. The zero-order chi connectivity index (χ0) is 21.8. The summed E-state index contributed by atoms with van der Waals surface area (Å²) in [5.74, 6) is 1.05. The molecule has 0 unspecified atom stereocenters. The second-order valence-electron chi connectivity index (χ2n) is 6.23. The minimum Gasteiger partial charge on any atom is -0.420 e. The van der Waals surface area contributed by atoms with Gasteiger partial charge in [0.05, 0.1) is 5.75 Å². The summed E-state index contributed by atoms with van der Waals surface area (Å²) in [4.78, 5) is 0. The molecule has 0 aliphatic heterocycles. The van der Waals surface area contributed by atoms with Crippen LogP contribution in [0.3, 0.4) is 0 Å². The van der Waals surface area contributed by atoms with Crippen molar-refractivity contribution in [1.82, 2.24) is 20.4 Å². The Balaban J connectivity index is 1.32. The number of hydrogen-bond donors (Lipinski definition) is 1. The van der Waals surface area contributed by atoms with Crippen LogP contribution in [0.5, 0.6) is 5.75 Å². The van der Waals surface area contributed by atoms with Gasteiger partial charge >= 0.3 is 6.36 Å². The third kappa shape index (κ3) is 5.95. The van der Waals surface area contributed by atoms with Gasteiger partial charge in [-0.05, 0) is 43.3 Å². The second-order valence-corrected chi connectivity index (χ2v) is 8.43. The fraction of sp³-hybridized carbons (Fsp3) is 0.158. The quantitative estimate of drug-likeness (QED) is 0.341. The van der Waals surface area contributed by atoms with E-state index in [0.717, 1.165) is 11.1 Å². The molecule has 31 heavy (non-hydrogen) atoms. The molecule has 0 aliphatic carbocycles. The van der Waals surface area contributed by atoms with Crippen molar-refractivity contribution >= 4 is 33.9 Å². The molecule has 0 atom stereocenters. The van der Waals surface area contributed by atoms with Crippen molar-refractivity contribution in [3.05, 3.63) is 60.0 Å². The lowest BCUT2D eigenvalue weighted by atomic mass is 10.1. The fourth-order valence-electron chi connectivity index (χ4n) is 2.43. The molecule has 0 saturated carbocycles. The SMILES string of the molecule is Cc1ccc(-c2nnc(CSc3nnc(Nc4ccc(OC(F)(F)F)cc4)s3)o2)cc1. The van der Waals surface area contributed by atoms with Gasteiger partial charge in [-0.2, -0.15) is 0 Å². The fourth-order valence-corrected chi connectivity index (χ4v) is 4.04. The predicted octanol–water partition coefficient (Wildman–Crippen LogP) is 5.83. The number of benzene rings is 2. The number of ether oxygens (including phenoxy) is 1. The first kappa shape index (κ1) is 21.1. The van der Waals surface area contributed by atoms with Crippen molar-refractivity contribution in [3.63, 3.8) is 0 Å². The van der Waals surface area contributed by atoms with Crippen LogP contribution in [0.1, 0.15) is 11.5 Å². The average Bonchev–Trinajstić information content (AvgIpc) is 3.37. The van der Waals surface area contributed by atoms with Gasteiger partial charge in [0.1, 0.15) is 5.75 Å². The molecule has 4 rings (SSSR count). The molecule has 1 N–H and O–H groups in total. The minimum atomic E-state index is -4.72. The Morgan fingerprint density at radius 1 is 1.00 bits per heavy atom. The number of nitrogens with zero attached hydrogens (tertiary/aromatic N) is 4. The molecule has 0 radical (unpaired) electrons. The van der Waals surface area contributed by atoms with E-state index in [9.17, 15) is 13.2 Å². The van der Waals surface area contributed by atoms with Crippen LogP contribution in [0.4, 0.5) is 24.0 Å². The lowest BCUT2D eigenvalue weighted by Crippen LogP contribution is -2.16. The molecular formula is C19H14F3N5O2S2. The zero-order valence-corrected chi connectivity index (χ0v) is 17.5. The van der Waals surface area contributed by atoms with Gasteiger partial charge in [-0.3, -0.25) is 0 Å². The summed E-state index contributed by atoms with van der Waals surface area (Å²) in [5.41, 5.74) is 2.55. The molecule has 160 valence electrons. The van der Waals surface area contributed by atoms with Gasteiger partial charge in [-0.25, -0.2) is 0 Å². The van der Waals surface area contributed by atoms with Crippen LogP contribution in [0.25, 0.3) is 11.5 Å². The Morgan fingerprint density at radius 2 is 1.74 bits per heavy atom. The van der Waals surface area contributed by atoms with Crippen molar-refractivity contribution in [2.24, 2.45) is 0 Å². The molecule has 2 heterocycles. The first-order valence-electron chi connectivity index (χ1n) is 8.83. The molecule has 0 aliphatic rings. The highest BCUT2D eigenvalue weighted by atomic mass is 32.2. The molecule has 0 bridgehead atoms. The lowest BCUT2D eigenvalue weighted by molar-refractivity contribution is -0.274. The molecule has 0 fully saturated rings. The Bertz CT molecular complexity index is 1140. The van der Waals surface area contributed by atoms with Crippen molar-refractivity contribution in [3.8, 4) is 17.2 Å². The highest BCUT2D eigenvalue weighted by Gasteiger charge is 2.30. The van der Waals surface area contributed by atoms with E-state index in [1.807, 2.05) is 31.2 Å². The van der Waals surface area contributed by atoms with Crippen LogP contribution in [0.15, 0.2) is 57.3 Å². The van der Waals surface area contributed by atoms with E-state index in [0.29, 0.717) is 32.7 Å². The molecule has 4 aromatic rings. The number of rotatable bonds is 7. The summed E-state index contributed by atoms with van der Waals surface area (Å²) in [6.07, 6.45) is -4.72. The Morgan fingerprint density at radius 3 is 2.45 bits per heavy atom. The van der Waals surface area contributed by atoms with Gasteiger partial charge in [-0.15, -0.1) is 33.6 Å². The predicted molar refractivity (Wildman–Crippen MR) is 110 cm³/mol. The van der Waals surface area contributed by atoms with Crippen molar-refractivity contribution in [2.75, 3.05) is 5.32 Å². The van der Waals surface area contributed by atoms with E-state index in [4.69, 9.17) is 4.42 Å². The molecule has 2 aromatic carbocycles. The maximum absolute atomic E-state index is 12.2. The number of thioether (sulfide) groups is 1. The van der Waals surface area contributed by atoms with Gasteiger partial charge in [0.15, 0.2) is 4.34 Å². The normalized spacial score (nSPS) is 11.5. The number of anilines is 2. The minimum absolute atomic E-state index is 0.295. The average molecular weight is 465 g/mol. The van der Waals surface area contributed by atoms with E-state index >= 15 is 0 Å². The highest BCUT2D eigenvalue weighted by Crippen LogP contribution is 2.31. The van der Waals surface area contributed by atoms with E-state index in [-0.39, 0.29) is 5.75 Å². The third-order valence-electron chi connectivity index (χ3n) is 3.83. The largest absolute Gasteiger partial charge is 0.573 e. The first-order chi connectivity index (χ1) is 14.8. The maximum Gasteiger partial charge on any atom is 0.573 e. The molecule has 0 saturated heterocycles. The second kappa shape index (κ2) is 8.94. The van der Waals surface area contributed by atoms with Gasteiger partial charge in [0.25, 0.3) is 0 Å². The van der Waals surface area contributed by atoms with E-state index in [2.05, 4.69) is 30.4 Å². The van der Waals surface area contributed by atoms with Crippen LogP contribution in [0, 0.1) is 6.92 Å². The summed E-state index contributed by atoms with van der Waals surface area (Å²) in [5, 5.41) is 19.7. The lowest BCUT2D eigenvalue weighted by Gasteiger charge is -2.09. The number of aromatic nitrogens is 4. The number of hydrogen-bond acceptors (Lipinski definition) is 9. The van der Waals surface area contributed by atoms with Gasteiger partial charge in [-0.1, -0.05) is 40.8 Å². The van der Waals surface area contributed by atoms with Crippen LogP contribution in [-0.2, 0) is 5.75 Å². The Kier molecular flexibility index (Phi) is 6.09. The van der Waals surface area contributed by atoms with Crippen LogP contribution in [0.2, 0.25) is 0 Å². The van der Waals surface area contributed by atoms with Gasteiger partial charge < -0.3 is 14.5 Å². The third-order valence-corrected chi connectivity index (χ3v) is 5.79. The Labute approximate surface area is 182 Å². The van der Waals surface area contributed by atoms with E-state index in [1.165, 1.54) is 47.4 Å². The monoisotopic (exact) mass is 465 g/mol. The first-order valence-corrected chi connectivity index (χ1v) is 10.6. The topological polar surface area (TPSA) is 86.0 Å². The summed E-state index contributed by atoms with van der Waals surface area (Å²) in [6, 6.07) is 13.1. The standard InChI is InChI=1S/C19H14F3N5O2S2/c1-11-2-4-12(5-3-11)16-25-24-15(28-16)10-30-18-27-26-17(31-18)23-13-6-8-14(9-7-13)29-19(20,21)22/h2-9H,10H2,1H3,(H,23,26). The van der Waals surface area contributed by atoms with E-state index < -0.39 is 6.36 Å². The summed E-state index contributed by atoms with van der Waals surface area (Å²) >= 11 is 2.68. The van der Waals surface area contributed by atoms with Gasteiger partial charge in [0.2, 0.25) is 16.9 Å².